The van der Waals surface area contributed by atoms with Crippen molar-refractivity contribution >= 4 is 29.0 Å². The van der Waals surface area contributed by atoms with E-state index in [2.05, 4.69) is 20.5 Å². The van der Waals surface area contributed by atoms with Crippen LogP contribution in [0.1, 0.15) is 10.4 Å². The summed E-state index contributed by atoms with van der Waals surface area (Å²) in [7, 11) is 0. The quantitative estimate of drug-likeness (QED) is 0.828. The number of nitrogens with one attached hydrogen (secondary N) is 2. The van der Waals surface area contributed by atoms with Crippen molar-refractivity contribution in [3.8, 4) is 0 Å². The summed E-state index contributed by atoms with van der Waals surface area (Å²) in [6.45, 7) is 4.81. The summed E-state index contributed by atoms with van der Waals surface area (Å²) in [5, 5.41) is 6.77. The fourth-order valence-electron chi connectivity index (χ4n) is 2.54. The minimum Gasteiger partial charge on any atom is -0.379 e. The zero-order chi connectivity index (χ0) is 17.5. The van der Waals surface area contributed by atoms with E-state index in [9.17, 15) is 4.79 Å². The molecular weight excluding hydrogens is 340 g/mol. The molecule has 0 aliphatic carbocycles. The lowest BCUT2D eigenvalue weighted by Gasteiger charge is -2.26. The van der Waals surface area contributed by atoms with Gasteiger partial charge in [-0.3, -0.25) is 9.69 Å². The van der Waals surface area contributed by atoms with Crippen LogP contribution in [0.4, 0.5) is 11.5 Å². The van der Waals surface area contributed by atoms with Crippen molar-refractivity contribution in [2.75, 3.05) is 44.7 Å². The summed E-state index contributed by atoms with van der Waals surface area (Å²) < 4.78 is 5.31. The number of amides is 1. The van der Waals surface area contributed by atoms with Gasteiger partial charge in [0.15, 0.2) is 0 Å². The molecular formula is C18H21ClN4O2. The van der Waals surface area contributed by atoms with Gasteiger partial charge in [-0.25, -0.2) is 4.98 Å². The number of nitrogens with zero attached hydrogens (tertiary/aromatic N) is 2. The SMILES string of the molecule is O=C(NCCN1CCOCC1)c1ccc(Nc2ccc(Cl)cc2)nc1. The number of carbonyl (C=O) groups excluding carboxylic acids is 1. The van der Waals surface area contributed by atoms with Gasteiger partial charge in [-0.05, 0) is 36.4 Å². The van der Waals surface area contributed by atoms with Gasteiger partial charge < -0.3 is 15.4 Å². The number of hydrogen-bond donors (Lipinski definition) is 2. The first-order valence-electron chi connectivity index (χ1n) is 8.28. The molecule has 1 amide bonds. The molecule has 0 radical (unpaired) electrons. The summed E-state index contributed by atoms with van der Waals surface area (Å²) in [4.78, 5) is 18.7. The maximum atomic E-state index is 12.2. The molecule has 2 heterocycles. The van der Waals surface area contributed by atoms with Crippen molar-refractivity contribution in [3.05, 3.63) is 53.2 Å². The van der Waals surface area contributed by atoms with Gasteiger partial charge >= 0.3 is 0 Å². The monoisotopic (exact) mass is 360 g/mol. The van der Waals surface area contributed by atoms with Crippen molar-refractivity contribution in [3.63, 3.8) is 0 Å². The maximum Gasteiger partial charge on any atom is 0.252 e. The van der Waals surface area contributed by atoms with E-state index in [-0.39, 0.29) is 5.91 Å². The maximum absolute atomic E-state index is 12.2. The molecule has 1 fully saturated rings. The number of carbonyl (C=O) groups is 1. The molecule has 0 bridgehead atoms. The third-order valence-electron chi connectivity index (χ3n) is 3.96. The number of benzene rings is 1. The van der Waals surface area contributed by atoms with Crippen molar-refractivity contribution in [1.29, 1.82) is 0 Å². The van der Waals surface area contributed by atoms with Crippen LogP contribution in [0.3, 0.4) is 0 Å². The van der Waals surface area contributed by atoms with Crippen LogP contribution in [0.2, 0.25) is 5.02 Å². The Morgan fingerprint density at radius 2 is 1.92 bits per heavy atom. The summed E-state index contributed by atoms with van der Waals surface area (Å²) >= 11 is 5.86. The molecule has 0 saturated carbocycles. The average molecular weight is 361 g/mol. The summed E-state index contributed by atoms with van der Waals surface area (Å²) in [6, 6.07) is 10.9. The van der Waals surface area contributed by atoms with Crippen LogP contribution in [-0.2, 0) is 4.74 Å². The minimum atomic E-state index is -0.112. The molecule has 2 aromatic rings. The standard InChI is InChI=1S/C18H21ClN4O2/c19-15-2-4-16(5-3-15)22-17-6-1-14(13-21-17)18(24)20-7-8-23-9-11-25-12-10-23/h1-6,13H,7-12H2,(H,20,24)(H,21,22). The van der Waals surface area contributed by atoms with E-state index in [0.717, 1.165) is 38.5 Å². The second kappa shape index (κ2) is 8.80. The molecule has 1 aliphatic rings. The lowest BCUT2D eigenvalue weighted by Crippen LogP contribution is -2.41. The molecule has 1 aromatic heterocycles. The highest BCUT2D eigenvalue weighted by Crippen LogP contribution is 2.17. The summed E-state index contributed by atoms with van der Waals surface area (Å²) in [6.07, 6.45) is 1.57. The fourth-order valence-corrected chi connectivity index (χ4v) is 2.66. The zero-order valence-corrected chi connectivity index (χ0v) is 14.6. The topological polar surface area (TPSA) is 66.5 Å². The van der Waals surface area contributed by atoms with Gasteiger partial charge in [0.1, 0.15) is 5.82 Å². The largest absolute Gasteiger partial charge is 0.379 e. The van der Waals surface area contributed by atoms with Gasteiger partial charge in [0, 0.05) is 43.1 Å². The van der Waals surface area contributed by atoms with Crippen LogP contribution < -0.4 is 10.6 Å². The van der Waals surface area contributed by atoms with Gasteiger partial charge in [-0.15, -0.1) is 0 Å². The number of pyridine rings is 1. The van der Waals surface area contributed by atoms with Crippen molar-refractivity contribution < 1.29 is 9.53 Å². The first-order chi connectivity index (χ1) is 12.2. The second-order valence-corrected chi connectivity index (χ2v) is 6.21. The first kappa shape index (κ1) is 17.7. The molecule has 0 unspecified atom stereocenters. The zero-order valence-electron chi connectivity index (χ0n) is 13.9. The normalized spacial score (nSPS) is 14.9. The van der Waals surface area contributed by atoms with Crippen LogP contribution in [0.25, 0.3) is 0 Å². The van der Waals surface area contributed by atoms with E-state index in [1.165, 1.54) is 0 Å². The molecule has 7 heteroatoms. The molecule has 3 rings (SSSR count). The Kier molecular flexibility index (Phi) is 6.22. The number of morpholine rings is 1. The predicted molar refractivity (Wildman–Crippen MR) is 98.6 cm³/mol. The number of hydrogen-bond acceptors (Lipinski definition) is 5. The van der Waals surface area contributed by atoms with Gasteiger partial charge in [0.05, 0.1) is 18.8 Å². The Morgan fingerprint density at radius 1 is 1.16 bits per heavy atom. The molecule has 1 saturated heterocycles. The third kappa shape index (κ3) is 5.42. The predicted octanol–water partition coefficient (Wildman–Crippen LogP) is 2.54. The van der Waals surface area contributed by atoms with Crippen LogP contribution in [0, 0.1) is 0 Å². The molecule has 1 aliphatic heterocycles. The Morgan fingerprint density at radius 3 is 2.60 bits per heavy atom. The van der Waals surface area contributed by atoms with Crippen molar-refractivity contribution in [2.45, 2.75) is 0 Å². The summed E-state index contributed by atoms with van der Waals surface area (Å²) in [5.74, 6) is 0.561. The van der Waals surface area contributed by atoms with E-state index in [1.807, 2.05) is 12.1 Å². The highest BCUT2D eigenvalue weighted by atomic mass is 35.5. The third-order valence-corrected chi connectivity index (χ3v) is 4.21. The van der Waals surface area contributed by atoms with E-state index >= 15 is 0 Å². The molecule has 1 aromatic carbocycles. The minimum absolute atomic E-state index is 0.112. The summed E-state index contributed by atoms with van der Waals surface area (Å²) in [5.41, 5.74) is 1.43. The average Bonchev–Trinajstić information content (AvgIpc) is 2.65. The Bertz CT molecular complexity index is 685. The molecule has 132 valence electrons. The van der Waals surface area contributed by atoms with Crippen LogP contribution in [0.5, 0.6) is 0 Å². The van der Waals surface area contributed by atoms with E-state index in [4.69, 9.17) is 16.3 Å². The van der Waals surface area contributed by atoms with Crippen LogP contribution in [-0.4, -0.2) is 55.2 Å². The fraction of sp³-hybridized carbons (Fsp3) is 0.333. The van der Waals surface area contributed by atoms with Crippen molar-refractivity contribution in [2.24, 2.45) is 0 Å². The smallest absolute Gasteiger partial charge is 0.252 e. The second-order valence-electron chi connectivity index (χ2n) is 5.77. The number of halogens is 1. The van der Waals surface area contributed by atoms with Gasteiger partial charge in [-0.1, -0.05) is 11.6 Å². The highest BCUT2D eigenvalue weighted by molar-refractivity contribution is 6.30. The van der Waals surface area contributed by atoms with E-state index < -0.39 is 0 Å². The number of ether oxygens (including phenoxy) is 1. The number of aromatic nitrogens is 1. The van der Waals surface area contributed by atoms with Gasteiger partial charge in [0.25, 0.3) is 5.91 Å². The molecule has 0 spiro atoms. The molecule has 25 heavy (non-hydrogen) atoms. The first-order valence-corrected chi connectivity index (χ1v) is 8.65. The lowest BCUT2D eigenvalue weighted by molar-refractivity contribution is 0.0383. The molecule has 0 atom stereocenters. The number of anilines is 2. The molecule has 2 N–H and O–H groups in total. The van der Waals surface area contributed by atoms with Crippen LogP contribution in [0.15, 0.2) is 42.6 Å². The Labute approximate surface area is 152 Å². The number of rotatable bonds is 6. The van der Waals surface area contributed by atoms with E-state index in [0.29, 0.717) is 22.9 Å². The molecule has 6 nitrogen and oxygen atoms in total. The lowest BCUT2D eigenvalue weighted by atomic mass is 10.2. The van der Waals surface area contributed by atoms with Crippen molar-refractivity contribution in [1.82, 2.24) is 15.2 Å². The Hall–Kier alpha value is -2.15. The van der Waals surface area contributed by atoms with Gasteiger partial charge in [0.2, 0.25) is 0 Å². The van der Waals surface area contributed by atoms with Crippen LogP contribution >= 0.6 is 11.6 Å². The van der Waals surface area contributed by atoms with Gasteiger partial charge in [-0.2, -0.15) is 0 Å². The van der Waals surface area contributed by atoms with E-state index in [1.54, 1.807) is 30.5 Å². The Balaban J connectivity index is 1.47. The highest BCUT2D eigenvalue weighted by Gasteiger charge is 2.11.